The van der Waals surface area contributed by atoms with Crippen molar-refractivity contribution in [2.75, 3.05) is 40.6 Å². The van der Waals surface area contributed by atoms with Gasteiger partial charge in [-0.1, -0.05) is 12.1 Å². The summed E-state index contributed by atoms with van der Waals surface area (Å²) >= 11 is 0. The third kappa shape index (κ3) is 5.46. The molecule has 0 amide bonds. The summed E-state index contributed by atoms with van der Waals surface area (Å²) in [5.74, 6) is 1.40. The molecule has 0 unspecified atom stereocenters. The largest absolute Gasteiger partial charge is 0.493 e. The van der Waals surface area contributed by atoms with Crippen LogP contribution in [0.3, 0.4) is 0 Å². The average molecular weight is 269 g/mol. The normalized spacial score (nSPS) is 10.5. The molecule has 0 saturated carbocycles. The summed E-state index contributed by atoms with van der Waals surface area (Å²) in [6.45, 7) is 2.81. The Bertz CT molecular complexity index is 335. The highest BCUT2D eigenvalue weighted by atomic mass is 16.5. The van der Waals surface area contributed by atoms with Gasteiger partial charge in [-0.2, -0.15) is 0 Å². The van der Waals surface area contributed by atoms with Crippen LogP contribution in [-0.4, -0.2) is 40.6 Å². The molecule has 0 aromatic heterocycles. The minimum atomic E-state index is 0.418. The van der Waals surface area contributed by atoms with Gasteiger partial charge in [0.25, 0.3) is 0 Å². The number of rotatable bonds is 10. The monoisotopic (exact) mass is 269 g/mol. The van der Waals surface area contributed by atoms with Gasteiger partial charge in [0.15, 0.2) is 11.5 Å². The second kappa shape index (κ2) is 9.61. The lowest BCUT2D eigenvalue weighted by atomic mass is 10.2. The fourth-order valence-electron chi connectivity index (χ4n) is 1.66. The van der Waals surface area contributed by atoms with E-state index in [1.165, 1.54) is 0 Å². The van der Waals surface area contributed by atoms with Crippen LogP contribution < -0.4 is 15.2 Å². The molecule has 0 heterocycles. The molecule has 5 heteroatoms. The molecule has 0 spiro atoms. The first kappa shape index (κ1) is 15.8. The van der Waals surface area contributed by atoms with Crippen LogP contribution in [0.4, 0.5) is 0 Å². The number of benzene rings is 1. The lowest BCUT2D eigenvalue weighted by Crippen LogP contribution is -2.11. The fourth-order valence-corrected chi connectivity index (χ4v) is 1.66. The molecule has 2 N–H and O–H groups in total. The van der Waals surface area contributed by atoms with E-state index in [4.69, 9.17) is 24.7 Å². The van der Waals surface area contributed by atoms with E-state index in [0.717, 1.165) is 12.0 Å². The van der Waals surface area contributed by atoms with Crippen LogP contribution in [0.25, 0.3) is 0 Å². The molecule has 0 aliphatic rings. The summed E-state index contributed by atoms with van der Waals surface area (Å²) in [6, 6.07) is 5.68. The van der Waals surface area contributed by atoms with E-state index in [1.807, 2.05) is 18.2 Å². The van der Waals surface area contributed by atoms with Crippen LogP contribution in [0.1, 0.15) is 12.0 Å². The predicted molar refractivity (Wildman–Crippen MR) is 73.7 cm³/mol. The van der Waals surface area contributed by atoms with Gasteiger partial charge < -0.3 is 24.7 Å². The molecule has 19 heavy (non-hydrogen) atoms. The Balaban J connectivity index is 2.35. The molecule has 0 fully saturated rings. The van der Waals surface area contributed by atoms with Crippen LogP contribution >= 0.6 is 0 Å². The van der Waals surface area contributed by atoms with Crippen LogP contribution in [0, 0.1) is 0 Å². The van der Waals surface area contributed by atoms with E-state index in [2.05, 4.69) is 0 Å². The minimum Gasteiger partial charge on any atom is -0.493 e. The van der Waals surface area contributed by atoms with Gasteiger partial charge in [0.1, 0.15) is 6.61 Å². The number of nitrogens with two attached hydrogens (primary N) is 1. The molecule has 1 aromatic carbocycles. The molecule has 108 valence electrons. The van der Waals surface area contributed by atoms with Gasteiger partial charge in [0.2, 0.25) is 0 Å². The van der Waals surface area contributed by atoms with E-state index in [-0.39, 0.29) is 0 Å². The topological polar surface area (TPSA) is 62.9 Å². The van der Waals surface area contributed by atoms with Crippen molar-refractivity contribution in [2.24, 2.45) is 5.73 Å². The maximum Gasteiger partial charge on any atom is 0.165 e. The zero-order valence-corrected chi connectivity index (χ0v) is 11.7. The first-order chi connectivity index (χ1) is 9.33. The Morgan fingerprint density at radius 2 is 1.89 bits per heavy atom. The number of methoxy groups -OCH3 is 2. The Labute approximate surface area is 114 Å². The van der Waals surface area contributed by atoms with Crippen molar-refractivity contribution in [3.8, 4) is 11.5 Å². The lowest BCUT2D eigenvalue weighted by molar-refractivity contribution is 0.0797. The Hall–Kier alpha value is -1.30. The second-order valence-electron chi connectivity index (χ2n) is 3.96. The summed E-state index contributed by atoms with van der Waals surface area (Å²) in [6.07, 6.45) is 0.888. The summed E-state index contributed by atoms with van der Waals surface area (Å²) in [7, 11) is 3.29. The van der Waals surface area contributed by atoms with Gasteiger partial charge >= 0.3 is 0 Å². The van der Waals surface area contributed by atoms with Crippen LogP contribution in [-0.2, 0) is 16.0 Å². The van der Waals surface area contributed by atoms with Gasteiger partial charge in [0.05, 0.1) is 13.7 Å². The van der Waals surface area contributed by atoms with Crippen molar-refractivity contribution in [3.05, 3.63) is 23.8 Å². The maximum absolute atomic E-state index is 5.70. The number of ether oxygens (including phenoxy) is 4. The van der Waals surface area contributed by atoms with Crippen molar-refractivity contribution >= 4 is 0 Å². The molecular formula is C14H23NO4. The Kier molecular flexibility index (Phi) is 7.97. The van der Waals surface area contributed by atoms with Crippen molar-refractivity contribution in [3.63, 3.8) is 0 Å². The molecule has 5 nitrogen and oxygen atoms in total. The Morgan fingerprint density at radius 3 is 2.58 bits per heavy atom. The van der Waals surface area contributed by atoms with Gasteiger partial charge in [-0.3, -0.25) is 0 Å². The van der Waals surface area contributed by atoms with E-state index in [9.17, 15) is 0 Å². The summed E-state index contributed by atoms with van der Waals surface area (Å²) in [5.41, 5.74) is 6.61. The molecule has 0 saturated heterocycles. The van der Waals surface area contributed by atoms with Crippen LogP contribution in [0.5, 0.6) is 11.5 Å². The summed E-state index contributed by atoms with van der Waals surface area (Å²) in [5, 5.41) is 0. The summed E-state index contributed by atoms with van der Waals surface area (Å²) in [4.78, 5) is 0. The van der Waals surface area contributed by atoms with Crippen molar-refractivity contribution in [1.82, 2.24) is 0 Å². The molecule has 0 aliphatic heterocycles. The number of para-hydroxylation sites is 1. The zero-order chi connectivity index (χ0) is 13.9. The van der Waals surface area contributed by atoms with Crippen molar-refractivity contribution < 1.29 is 18.9 Å². The highest BCUT2D eigenvalue weighted by Crippen LogP contribution is 2.30. The molecule has 1 aromatic rings. The molecule has 0 radical (unpaired) electrons. The van der Waals surface area contributed by atoms with Gasteiger partial charge in [0, 0.05) is 32.4 Å². The predicted octanol–water partition coefficient (Wildman–Crippen LogP) is 1.59. The zero-order valence-electron chi connectivity index (χ0n) is 11.7. The Morgan fingerprint density at radius 1 is 1.05 bits per heavy atom. The van der Waals surface area contributed by atoms with Crippen LogP contribution in [0.15, 0.2) is 18.2 Å². The van der Waals surface area contributed by atoms with E-state index >= 15 is 0 Å². The summed E-state index contributed by atoms with van der Waals surface area (Å²) < 4.78 is 21.3. The molecule has 0 aliphatic carbocycles. The average Bonchev–Trinajstić information content (AvgIpc) is 2.46. The highest BCUT2D eigenvalue weighted by Gasteiger charge is 2.08. The minimum absolute atomic E-state index is 0.418. The first-order valence-electron chi connectivity index (χ1n) is 6.39. The second-order valence-corrected chi connectivity index (χ2v) is 3.96. The van der Waals surface area contributed by atoms with Gasteiger partial charge in [-0.25, -0.2) is 0 Å². The maximum atomic E-state index is 5.70. The van der Waals surface area contributed by atoms with Gasteiger partial charge in [-0.05, 0) is 12.5 Å². The van der Waals surface area contributed by atoms with E-state index < -0.39 is 0 Å². The smallest absolute Gasteiger partial charge is 0.165 e. The number of hydrogen-bond donors (Lipinski definition) is 1. The van der Waals surface area contributed by atoms with Crippen LogP contribution in [0.2, 0.25) is 0 Å². The molecule has 0 atom stereocenters. The van der Waals surface area contributed by atoms with Gasteiger partial charge in [-0.15, -0.1) is 0 Å². The first-order valence-corrected chi connectivity index (χ1v) is 6.39. The highest BCUT2D eigenvalue weighted by molar-refractivity contribution is 5.46. The quantitative estimate of drug-likeness (QED) is 0.653. The SMILES string of the molecule is COCCCOCCOc1c(CN)cccc1OC. The molecule has 1 rings (SSSR count). The number of hydrogen-bond acceptors (Lipinski definition) is 5. The van der Waals surface area contributed by atoms with E-state index in [1.54, 1.807) is 14.2 Å². The van der Waals surface area contributed by atoms with Crippen molar-refractivity contribution in [1.29, 1.82) is 0 Å². The lowest BCUT2D eigenvalue weighted by Gasteiger charge is -2.14. The fraction of sp³-hybridized carbons (Fsp3) is 0.571. The third-order valence-corrected chi connectivity index (χ3v) is 2.61. The molecular weight excluding hydrogens is 246 g/mol. The van der Waals surface area contributed by atoms with Crippen molar-refractivity contribution in [2.45, 2.75) is 13.0 Å². The molecule has 0 bridgehead atoms. The van der Waals surface area contributed by atoms with E-state index in [0.29, 0.717) is 44.5 Å². The third-order valence-electron chi connectivity index (χ3n) is 2.61. The standard InChI is InChI=1S/C14H23NO4/c1-16-7-4-8-18-9-10-19-14-12(11-15)5-3-6-13(14)17-2/h3,5-6H,4,7-11,15H2,1-2H3.